The van der Waals surface area contributed by atoms with Crippen LogP contribution in [-0.4, -0.2) is 52.5 Å². The van der Waals surface area contributed by atoms with Gasteiger partial charge >= 0.3 is 5.97 Å². The first-order valence-corrected chi connectivity index (χ1v) is 8.31. The number of rotatable bonds is 2. The number of aliphatic carboxylic acids is 1. The van der Waals surface area contributed by atoms with E-state index >= 15 is 0 Å². The molecule has 1 aromatic carbocycles. The van der Waals surface area contributed by atoms with Gasteiger partial charge in [-0.3, -0.25) is 4.79 Å². The molecule has 0 radical (unpaired) electrons. The van der Waals surface area contributed by atoms with Crippen LogP contribution < -0.4 is 5.32 Å². The lowest BCUT2D eigenvalue weighted by molar-refractivity contribution is -0.141. The number of benzene rings is 1. The third kappa shape index (κ3) is 2.72. The number of thioether (sulfide) groups is 1. The molecule has 0 saturated carbocycles. The normalized spacial score (nSPS) is 21.3. The Labute approximate surface area is 127 Å². The van der Waals surface area contributed by atoms with E-state index in [1.54, 1.807) is 11.8 Å². The predicted octanol–water partition coefficient (Wildman–Crippen LogP) is 1.69. The second-order valence-corrected chi connectivity index (χ2v) is 6.44. The lowest BCUT2D eigenvalue weighted by Gasteiger charge is -2.33. The molecule has 21 heavy (non-hydrogen) atoms. The van der Waals surface area contributed by atoms with Gasteiger partial charge in [-0.05, 0) is 30.5 Å². The first kappa shape index (κ1) is 14.3. The third-order valence-electron chi connectivity index (χ3n) is 4.00. The van der Waals surface area contributed by atoms with E-state index in [1.807, 2.05) is 18.2 Å². The van der Waals surface area contributed by atoms with Gasteiger partial charge in [0.05, 0.1) is 0 Å². The fourth-order valence-electron chi connectivity index (χ4n) is 2.92. The van der Waals surface area contributed by atoms with Crippen LogP contribution in [0.2, 0.25) is 0 Å². The number of hydrogen-bond donors (Lipinski definition) is 2. The quantitative estimate of drug-likeness (QED) is 0.870. The molecule has 2 aliphatic heterocycles. The number of anilines is 1. The highest BCUT2D eigenvalue weighted by Gasteiger charge is 2.34. The number of carbonyl (C=O) groups excluding carboxylic acids is 1. The van der Waals surface area contributed by atoms with Crippen molar-refractivity contribution in [3.8, 4) is 0 Å². The van der Waals surface area contributed by atoms with Crippen molar-refractivity contribution in [1.29, 1.82) is 0 Å². The maximum Gasteiger partial charge on any atom is 0.327 e. The third-order valence-corrected chi connectivity index (χ3v) is 5.02. The fourth-order valence-corrected chi connectivity index (χ4v) is 3.95. The lowest BCUT2D eigenvalue weighted by Crippen LogP contribution is -2.50. The number of fused-ring (bicyclic) bond motifs is 1. The molecule has 1 aromatic rings. The molecule has 1 fully saturated rings. The maximum absolute atomic E-state index is 12.8. The number of nitrogens with zero attached hydrogens (tertiary/aromatic N) is 1. The lowest BCUT2D eigenvalue weighted by atomic mass is 9.96. The molecule has 1 atom stereocenters. The Morgan fingerprint density at radius 2 is 2.24 bits per heavy atom. The van der Waals surface area contributed by atoms with Gasteiger partial charge in [0.1, 0.15) is 6.04 Å². The average Bonchev–Trinajstić information content (AvgIpc) is 2.53. The molecule has 0 spiro atoms. The molecule has 2 heterocycles. The number of hydrogen-bond acceptors (Lipinski definition) is 4. The standard InChI is InChI=1S/C15H18N2O3S/c18-14(17-7-8-21-9-13(17)15(19)20)11-3-1-5-12-10(11)4-2-6-16-12/h1,3,5,13,16H,2,4,6-9H2,(H,19,20). The van der Waals surface area contributed by atoms with Gasteiger partial charge in [0.25, 0.3) is 5.91 Å². The number of amides is 1. The van der Waals surface area contributed by atoms with Crippen molar-refractivity contribution in [1.82, 2.24) is 4.90 Å². The molecule has 5 nitrogen and oxygen atoms in total. The molecule has 0 bridgehead atoms. The summed E-state index contributed by atoms with van der Waals surface area (Å²) in [6.07, 6.45) is 1.86. The summed E-state index contributed by atoms with van der Waals surface area (Å²) in [5.74, 6) is 0.193. The molecule has 2 N–H and O–H groups in total. The van der Waals surface area contributed by atoms with E-state index in [0.29, 0.717) is 17.9 Å². The summed E-state index contributed by atoms with van der Waals surface area (Å²) in [5.41, 5.74) is 2.68. The topological polar surface area (TPSA) is 69.6 Å². The average molecular weight is 306 g/mol. The molecular weight excluding hydrogens is 288 g/mol. The van der Waals surface area contributed by atoms with Gasteiger partial charge in [-0.15, -0.1) is 0 Å². The van der Waals surface area contributed by atoms with Gasteiger partial charge in [0.15, 0.2) is 0 Å². The van der Waals surface area contributed by atoms with E-state index in [1.165, 1.54) is 4.90 Å². The summed E-state index contributed by atoms with van der Waals surface area (Å²) >= 11 is 1.59. The zero-order valence-electron chi connectivity index (χ0n) is 11.7. The van der Waals surface area contributed by atoms with Crippen LogP contribution in [0.15, 0.2) is 18.2 Å². The van der Waals surface area contributed by atoms with E-state index in [4.69, 9.17) is 0 Å². The van der Waals surface area contributed by atoms with Gasteiger partial charge in [0.2, 0.25) is 0 Å². The zero-order chi connectivity index (χ0) is 14.8. The van der Waals surface area contributed by atoms with Crippen LogP contribution >= 0.6 is 11.8 Å². The van der Waals surface area contributed by atoms with E-state index in [9.17, 15) is 14.7 Å². The molecule has 0 aromatic heterocycles. The van der Waals surface area contributed by atoms with Crippen LogP contribution in [0.4, 0.5) is 5.69 Å². The molecule has 112 valence electrons. The van der Waals surface area contributed by atoms with E-state index in [2.05, 4.69) is 5.32 Å². The SMILES string of the molecule is O=C(O)C1CSCCN1C(=O)c1cccc2c1CCCN2. The second-order valence-electron chi connectivity index (χ2n) is 5.29. The van der Waals surface area contributed by atoms with Crippen LogP contribution in [0.25, 0.3) is 0 Å². The van der Waals surface area contributed by atoms with Crippen molar-refractivity contribution in [2.75, 3.05) is 29.9 Å². The summed E-state index contributed by atoms with van der Waals surface area (Å²) in [4.78, 5) is 25.7. The van der Waals surface area contributed by atoms with Gasteiger partial charge in [-0.2, -0.15) is 11.8 Å². The van der Waals surface area contributed by atoms with Crippen LogP contribution in [0.5, 0.6) is 0 Å². The number of carboxylic acids is 1. The minimum absolute atomic E-state index is 0.150. The van der Waals surface area contributed by atoms with Crippen LogP contribution in [0.1, 0.15) is 22.3 Å². The monoisotopic (exact) mass is 306 g/mol. The highest BCUT2D eigenvalue weighted by molar-refractivity contribution is 7.99. The van der Waals surface area contributed by atoms with Crippen molar-refractivity contribution in [3.05, 3.63) is 29.3 Å². The smallest absolute Gasteiger partial charge is 0.327 e. The van der Waals surface area contributed by atoms with Gasteiger partial charge < -0.3 is 15.3 Å². The van der Waals surface area contributed by atoms with Crippen molar-refractivity contribution in [3.63, 3.8) is 0 Å². The van der Waals surface area contributed by atoms with Crippen molar-refractivity contribution < 1.29 is 14.7 Å². The number of carboxylic acid groups (broad SMARTS) is 1. The fraction of sp³-hybridized carbons (Fsp3) is 0.467. The van der Waals surface area contributed by atoms with Gasteiger partial charge in [-0.1, -0.05) is 6.07 Å². The van der Waals surface area contributed by atoms with Crippen molar-refractivity contribution in [2.45, 2.75) is 18.9 Å². The molecule has 6 heteroatoms. The van der Waals surface area contributed by atoms with Crippen molar-refractivity contribution in [2.24, 2.45) is 0 Å². The summed E-state index contributed by atoms with van der Waals surface area (Å²) in [7, 11) is 0. The van der Waals surface area contributed by atoms with E-state index in [0.717, 1.165) is 36.4 Å². The molecular formula is C15H18N2O3S. The Hall–Kier alpha value is -1.69. The molecule has 0 aliphatic carbocycles. The Morgan fingerprint density at radius 3 is 3.05 bits per heavy atom. The number of nitrogens with one attached hydrogen (secondary N) is 1. The predicted molar refractivity (Wildman–Crippen MR) is 83.0 cm³/mol. The van der Waals surface area contributed by atoms with Crippen LogP contribution in [0, 0.1) is 0 Å². The largest absolute Gasteiger partial charge is 0.480 e. The summed E-state index contributed by atoms with van der Waals surface area (Å²) in [6.45, 7) is 1.42. The van der Waals surface area contributed by atoms with Gasteiger partial charge in [-0.25, -0.2) is 4.79 Å². The first-order valence-electron chi connectivity index (χ1n) is 7.16. The van der Waals surface area contributed by atoms with Crippen LogP contribution in [-0.2, 0) is 11.2 Å². The summed E-state index contributed by atoms with van der Waals surface area (Å²) in [6, 6.07) is 4.93. The Morgan fingerprint density at radius 1 is 1.38 bits per heavy atom. The number of carbonyl (C=O) groups is 2. The highest BCUT2D eigenvalue weighted by Crippen LogP contribution is 2.28. The molecule has 1 saturated heterocycles. The maximum atomic E-state index is 12.8. The van der Waals surface area contributed by atoms with Crippen molar-refractivity contribution >= 4 is 29.3 Å². The first-order chi connectivity index (χ1) is 10.2. The summed E-state index contributed by atoms with van der Waals surface area (Å²) < 4.78 is 0. The minimum atomic E-state index is -0.918. The molecule has 1 unspecified atom stereocenters. The van der Waals surface area contributed by atoms with Gasteiger partial charge in [0, 0.05) is 35.8 Å². The Bertz CT molecular complexity index is 576. The Kier molecular flexibility index (Phi) is 4.05. The second kappa shape index (κ2) is 5.97. The minimum Gasteiger partial charge on any atom is -0.480 e. The highest BCUT2D eigenvalue weighted by atomic mass is 32.2. The van der Waals surface area contributed by atoms with E-state index < -0.39 is 12.0 Å². The van der Waals surface area contributed by atoms with E-state index in [-0.39, 0.29) is 5.91 Å². The summed E-state index contributed by atoms with van der Waals surface area (Å²) in [5, 5.41) is 12.6. The molecule has 2 aliphatic rings. The Balaban J connectivity index is 1.92. The zero-order valence-corrected chi connectivity index (χ0v) is 12.5. The molecule has 3 rings (SSSR count). The van der Waals surface area contributed by atoms with Crippen LogP contribution in [0.3, 0.4) is 0 Å². The molecule has 1 amide bonds.